The van der Waals surface area contributed by atoms with Crippen LogP contribution in [0.3, 0.4) is 0 Å². The average molecular weight is 493 g/mol. The Bertz CT molecular complexity index is 1420. The van der Waals surface area contributed by atoms with Crippen molar-refractivity contribution in [2.75, 3.05) is 12.0 Å². The van der Waals surface area contributed by atoms with Gasteiger partial charge in [-0.3, -0.25) is 14.9 Å². The maximum Gasteiger partial charge on any atom is 0.335 e. The molecule has 0 unspecified atom stereocenters. The predicted molar refractivity (Wildman–Crippen MR) is 127 cm³/mol. The van der Waals surface area contributed by atoms with E-state index < -0.39 is 23.8 Å². The number of nitrogens with zero attached hydrogens (tertiary/aromatic N) is 2. The van der Waals surface area contributed by atoms with Gasteiger partial charge in [-0.25, -0.2) is 9.69 Å². The Labute approximate surface area is 205 Å². The lowest BCUT2D eigenvalue weighted by atomic mass is 10.1. The van der Waals surface area contributed by atoms with Crippen LogP contribution in [0.1, 0.15) is 27.3 Å². The van der Waals surface area contributed by atoms with E-state index in [1.165, 1.54) is 37.5 Å². The number of anilines is 1. The van der Waals surface area contributed by atoms with Crippen molar-refractivity contribution in [2.45, 2.75) is 13.8 Å². The third kappa shape index (κ3) is 4.29. The SMILES string of the molecule is COc1ccc(N2C(=O)NC(=O)/C(=C\c3cc(C)n(-c4ccc(C(=O)[O-])c(Cl)c4)c3C)C2=O)cc1. The molecule has 1 N–H and O–H groups in total. The smallest absolute Gasteiger partial charge is 0.335 e. The highest BCUT2D eigenvalue weighted by Gasteiger charge is 2.37. The molecule has 35 heavy (non-hydrogen) atoms. The van der Waals surface area contributed by atoms with Crippen LogP contribution in [0.5, 0.6) is 5.75 Å². The molecule has 10 heteroatoms. The number of barbiturate groups is 1. The first-order chi connectivity index (χ1) is 16.6. The molecule has 3 aromatic rings. The van der Waals surface area contributed by atoms with E-state index in [1.54, 1.807) is 35.8 Å². The van der Waals surface area contributed by atoms with Crippen LogP contribution in [0.15, 0.2) is 54.1 Å². The summed E-state index contributed by atoms with van der Waals surface area (Å²) in [5.74, 6) is -2.41. The van der Waals surface area contributed by atoms with Crippen molar-refractivity contribution in [3.05, 3.63) is 81.6 Å². The lowest BCUT2D eigenvalue weighted by molar-refractivity contribution is -0.255. The highest BCUT2D eigenvalue weighted by Crippen LogP contribution is 2.28. The van der Waals surface area contributed by atoms with Crippen LogP contribution in [-0.4, -0.2) is 35.5 Å². The van der Waals surface area contributed by atoms with Gasteiger partial charge in [0.25, 0.3) is 11.8 Å². The number of ether oxygens (including phenoxy) is 1. The second-order valence-corrected chi connectivity index (χ2v) is 8.18. The molecular weight excluding hydrogens is 474 g/mol. The normalized spacial score (nSPS) is 14.9. The molecule has 1 saturated heterocycles. The fourth-order valence-electron chi connectivity index (χ4n) is 3.92. The van der Waals surface area contributed by atoms with Crippen LogP contribution >= 0.6 is 11.6 Å². The Hall–Kier alpha value is -4.37. The Morgan fingerprint density at radius 1 is 1.03 bits per heavy atom. The van der Waals surface area contributed by atoms with Gasteiger partial charge in [0.15, 0.2) is 0 Å². The molecule has 1 aliphatic rings. The van der Waals surface area contributed by atoms with Gasteiger partial charge >= 0.3 is 6.03 Å². The van der Waals surface area contributed by atoms with E-state index in [0.29, 0.717) is 22.7 Å². The first-order valence-electron chi connectivity index (χ1n) is 10.4. The lowest BCUT2D eigenvalue weighted by Gasteiger charge is -2.26. The van der Waals surface area contributed by atoms with Crippen LogP contribution in [0.4, 0.5) is 10.5 Å². The molecule has 1 aromatic heterocycles. The maximum absolute atomic E-state index is 13.2. The minimum absolute atomic E-state index is 0.0189. The standard InChI is InChI=1S/C25H20ClN3O6/c1-13-10-15(14(2)28(13)17-6-9-19(24(32)33)21(26)12-17)11-20-22(30)27-25(34)29(23(20)31)16-4-7-18(35-3)8-5-16/h4-12H,1-3H3,(H,32,33)(H,27,30,34)/p-1/b20-11+. The number of aromatic nitrogens is 1. The largest absolute Gasteiger partial charge is 0.545 e. The summed E-state index contributed by atoms with van der Waals surface area (Å²) in [5.41, 5.74) is 2.50. The molecule has 0 saturated carbocycles. The van der Waals surface area contributed by atoms with Gasteiger partial charge in [-0.05, 0) is 74.0 Å². The van der Waals surface area contributed by atoms with Gasteiger partial charge in [0, 0.05) is 22.6 Å². The summed E-state index contributed by atoms with van der Waals surface area (Å²) < 4.78 is 6.90. The van der Waals surface area contributed by atoms with E-state index in [4.69, 9.17) is 16.3 Å². The van der Waals surface area contributed by atoms with Crippen LogP contribution < -0.4 is 20.1 Å². The van der Waals surface area contributed by atoms with Gasteiger partial charge in [-0.1, -0.05) is 11.6 Å². The van der Waals surface area contributed by atoms with Crippen molar-refractivity contribution in [2.24, 2.45) is 0 Å². The molecule has 2 aromatic carbocycles. The molecular formula is C25H19ClN3O6-. The number of amides is 4. The zero-order valence-electron chi connectivity index (χ0n) is 18.9. The van der Waals surface area contributed by atoms with Crippen LogP contribution in [0.2, 0.25) is 5.02 Å². The fraction of sp³-hybridized carbons (Fsp3) is 0.120. The number of hydrogen-bond donors (Lipinski definition) is 1. The van der Waals surface area contributed by atoms with Gasteiger partial charge in [0.1, 0.15) is 11.3 Å². The summed E-state index contributed by atoms with van der Waals surface area (Å²) in [6.45, 7) is 3.59. The molecule has 0 spiro atoms. The molecule has 0 bridgehead atoms. The molecule has 9 nitrogen and oxygen atoms in total. The second kappa shape index (κ2) is 9.11. The number of carboxylic acids is 1. The van der Waals surface area contributed by atoms with E-state index in [9.17, 15) is 24.3 Å². The number of benzene rings is 2. The average Bonchev–Trinajstić information content (AvgIpc) is 3.09. The Morgan fingerprint density at radius 3 is 2.29 bits per heavy atom. The molecule has 0 atom stereocenters. The zero-order valence-corrected chi connectivity index (χ0v) is 19.7. The van der Waals surface area contributed by atoms with Crippen molar-refractivity contribution in [3.8, 4) is 11.4 Å². The minimum Gasteiger partial charge on any atom is -0.545 e. The second-order valence-electron chi connectivity index (χ2n) is 7.77. The number of imide groups is 2. The molecule has 1 aliphatic heterocycles. The molecule has 4 rings (SSSR count). The number of carbonyl (C=O) groups is 4. The van der Waals surface area contributed by atoms with Gasteiger partial charge in [-0.15, -0.1) is 0 Å². The van der Waals surface area contributed by atoms with Crippen molar-refractivity contribution in [1.82, 2.24) is 9.88 Å². The first-order valence-corrected chi connectivity index (χ1v) is 10.8. The molecule has 0 aliphatic carbocycles. The molecule has 4 amide bonds. The lowest BCUT2D eigenvalue weighted by Crippen LogP contribution is -2.54. The van der Waals surface area contributed by atoms with E-state index in [0.717, 1.165) is 10.6 Å². The van der Waals surface area contributed by atoms with E-state index in [-0.39, 0.29) is 21.8 Å². The maximum atomic E-state index is 13.2. The third-order valence-corrected chi connectivity index (χ3v) is 5.95. The zero-order chi connectivity index (χ0) is 25.4. The number of halogens is 1. The summed E-state index contributed by atoms with van der Waals surface area (Å²) in [5, 5.41) is 13.4. The molecule has 0 radical (unpaired) electrons. The Morgan fingerprint density at radius 2 is 1.69 bits per heavy atom. The highest BCUT2D eigenvalue weighted by molar-refractivity contribution is 6.39. The first kappa shape index (κ1) is 23.8. The number of methoxy groups -OCH3 is 1. The number of urea groups is 1. The van der Waals surface area contributed by atoms with Crippen molar-refractivity contribution < 1.29 is 29.0 Å². The number of nitrogens with one attached hydrogen (secondary N) is 1. The van der Waals surface area contributed by atoms with Crippen LogP contribution in [-0.2, 0) is 9.59 Å². The van der Waals surface area contributed by atoms with Crippen LogP contribution in [0.25, 0.3) is 11.8 Å². The number of carboxylic acid groups (broad SMARTS) is 1. The number of aryl methyl sites for hydroxylation is 1. The van der Waals surface area contributed by atoms with Crippen LogP contribution in [0, 0.1) is 13.8 Å². The minimum atomic E-state index is -1.38. The number of rotatable bonds is 5. The quantitative estimate of drug-likeness (QED) is 0.432. The number of aromatic carboxylic acids is 1. The summed E-state index contributed by atoms with van der Waals surface area (Å²) >= 11 is 6.10. The van der Waals surface area contributed by atoms with E-state index in [2.05, 4.69) is 5.32 Å². The summed E-state index contributed by atoms with van der Waals surface area (Å²) in [4.78, 5) is 50.2. The topological polar surface area (TPSA) is 121 Å². The van der Waals surface area contributed by atoms with Crippen molar-refractivity contribution in [3.63, 3.8) is 0 Å². The van der Waals surface area contributed by atoms with Crippen molar-refractivity contribution >= 4 is 47.2 Å². The van der Waals surface area contributed by atoms with E-state index >= 15 is 0 Å². The predicted octanol–water partition coefficient (Wildman–Crippen LogP) is 2.79. The third-order valence-electron chi connectivity index (χ3n) is 5.63. The summed E-state index contributed by atoms with van der Waals surface area (Å²) in [7, 11) is 1.50. The number of hydrogen-bond acceptors (Lipinski definition) is 6. The van der Waals surface area contributed by atoms with Gasteiger partial charge in [-0.2, -0.15) is 0 Å². The number of carbonyl (C=O) groups excluding carboxylic acids is 4. The Balaban J connectivity index is 1.74. The Kier molecular flexibility index (Phi) is 6.19. The molecule has 2 heterocycles. The molecule has 1 fully saturated rings. The van der Waals surface area contributed by atoms with Gasteiger partial charge in [0.05, 0.1) is 23.8 Å². The van der Waals surface area contributed by atoms with Gasteiger partial charge in [0.2, 0.25) is 0 Å². The summed E-state index contributed by atoms with van der Waals surface area (Å²) in [6, 6.07) is 11.6. The van der Waals surface area contributed by atoms with Gasteiger partial charge < -0.3 is 19.2 Å². The highest BCUT2D eigenvalue weighted by atomic mass is 35.5. The molecule has 178 valence electrons. The summed E-state index contributed by atoms with van der Waals surface area (Å²) in [6.07, 6.45) is 1.41. The fourth-order valence-corrected chi connectivity index (χ4v) is 4.17. The van der Waals surface area contributed by atoms with Crippen molar-refractivity contribution in [1.29, 1.82) is 0 Å². The monoisotopic (exact) mass is 492 g/mol. The van der Waals surface area contributed by atoms with E-state index in [1.807, 2.05) is 6.92 Å².